The SMILES string of the molecule is CCCOc1ccc(/C=c2/sc3n(c2=O)[C@@H](c2ccccc2OC(C)C)C(C(=O)OCC)=C(C)N=3)cc1OCC. The lowest BCUT2D eigenvalue weighted by Gasteiger charge is -2.26. The van der Waals surface area contributed by atoms with Crippen LogP contribution in [0.2, 0.25) is 0 Å². The Morgan fingerprint density at radius 2 is 1.82 bits per heavy atom. The summed E-state index contributed by atoms with van der Waals surface area (Å²) in [5.74, 6) is 1.37. The third-order valence-electron chi connectivity index (χ3n) is 6.12. The highest BCUT2D eigenvalue weighted by Crippen LogP contribution is 2.36. The van der Waals surface area contributed by atoms with E-state index >= 15 is 0 Å². The Labute approximate surface area is 238 Å². The highest BCUT2D eigenvalue weighted by molar-refractivity contribution is 7.07. The fourth-order valence-corrected chi connectivity index (χ4v) is 5.57. The molecule has 3 aromatic rings. The van der Waals surface area contributed by atoms with E-state index < -0.39 is 12.0 Å². The summed E-state index contributed by atoms with van der Waals surface area (Å²) in [6.45, 7) is 12.6. The van der Waals surface area contributed by atoms with Crippen molar-refractivity contribution in [2.24, 2.45) is 4.99 Å². The van der Waals surface area contributed by atoms with Gasteiger partial charge in [-0.2, -0.15) is 0 Å². The van der Waals surface area contributed by atoms with Crippen molar-refractivity contribution in [2.75, 3.05) is 19.8 Å². The quantitative estimate of drug-likeness (QED) is 0.312. The van der Waals surface area contributed by atoms with Crippen LogP contribution in [0.25, 0.3) is 6.08 Å². The second-order valence-electron chi connectivity index (χ2n) is 9.49. The maximum absolute atomic E-state index is 14.0. The minimum Gasteiger partial charge on any atom is -0.491 e. The summed E-state index contributed by atoms with van der Waals surface area (Å²) in [5.41, 5.74) is 2.05. The van der Waals surface area contributed by atoms with Crippen molar-refractivity contribution in [1.82, 2.24) is 4.57 Å². The number of para-hydroxylation sites is 1. The Bertz CT molecular complexity index is 1580. The van der Waals surface area contributed by atoms with Crippen molar-refractivity contribution >= 4 is 23.4 Å². The molecule has 1 aromatic heterocycles. The van der Waals surface area contributed by atoms with E-state index in [0.29, 0.717) is 56.6 Å². The largest absolute Gasteiger partial charge is 0.491 e. The van der Waals surface area contributed by atoms with Gasteiger partial charge in [-0.05, 0) is 70.9 Å². The van der Waals surface area contributed by atoms with Crippen molar-refractivity contribution in [1.29, 1.82) is 0 Å². The van der Waals surface area contributed by atoms with Crippen LogP contribution in [0.3, 0.4) is 0 Å². The van der Waals surface area contributed by atoms with Gasteiger partial charge in [0.25, 0.3) is 5.56 Å². The number of carbonyl (C=O) groups is 1. The molecule has 40 heavy (non-hydrogen) atoms. The molecule has 1 aliphatic rings. The molecule has 9 heteroatoms. The third kappa shape index (κ3) is 6.14. The maximum Gasteiger partial charge on any atom is 0.338 e. The Hall–Kier alpha value is -3.85. The van der Waals surface area contributed by atoms with Crippen LogP contribution >= 0.6 is 11.3 Å². The van der Waals surface area contributed by atoms with E-state index in [4.69, 9.17) is 18.9 Å². The van der Waals surface area contributed by atoms with Gasteiger partial charge in [0.05, 0.1) is 41.7 Å². The van der Waals surface area contributed by atoms with Crippen LogP contribution in [0, 0.1) is 0 Å². The molecule has 0 radical (unpaired) electrons. The fraction of sp³-hybridized carbons (Fsp3) is 0.387. The number of aromatic nitrogens is 1. The number of hydrogen-bond acceptors (Lipinski definition) is 8. The summed E-state index contributed by atoms with van der Waals surface area (Å²) in [7, 11) is 0. The molecular weight excluding hydrogens is 528 g/mol. The van der Waals surface area contributed by atoms with Gasteiger partial charge in [0.15, 0.2) is 16.3 Å². The molecule has 0 unspecified atom stereocenters. The van der Waals surface area contributed by atoms with Crippen LogP contribution in [0.15, 0.2) is 63.5 Å². The van der Waals surface area contributed by atoms with Crippen molar-refractivity contribution in [3.8, 4) is 17.2 Å². The van der Waals surface area contributed by atoms with Gasteiger partial charge in [0, 0.05) is 5.56 Å². The topological polar surface area (TPSA) is 88.4 Å². The molecule has 0 aliphatic carbocycles. The van der Waals surface area contributed by atoms with Gasteiger partial charge in [-0.25, -0.2) is 9.79 Å². The van der Waals surface area contributed by atoms with Crippen molar-refractivity contribution < 1.29 is 23.7 Å². The van der Waals surface area contributed by atoms with Gasteiger partial charge in [-0.15, -0.1) is 0 Å². The second-order valence-corrected chi connectivity index (χ2v) is 10.5. The van der Waals surface area contributed by atoms with Gasteiger partial charge < -0.3 is 18.9 Å². The van der Waals surface area contributed by atoms with Crippen LogP contribution in [-0.4, -0.2) is 36.5 Å². The summed E-state index contributed by atoms with van der Waals surface area (Å²) in [4.78, 5) is 32.4. The van der Waals surface area contributed by atoms with Crippen LogP contribution in [0.1, 0.15) is 65.1 Å². The zero-order valence-corrected chi connectivity index (χ0v) is 24.7. The molecule has 0 N–H and O–H groups in total. The molecule has 0 amide bonds. The molecule has 0 fully saturated rings. The molecule has 0 saturated carbocycles. The lowest BCUT2D eigenvalue weighted by molar-refractivity contribution is -0.139. The molecule has 2 aromatic carbocycles. The third-order valence-corrected chi connectivity index (χ3v) is 7.10. The zero-order valence-electron chi connectivity index (χ0n) is 23.9. The van der Waals surface area contributed by atoms with E-state index in [9.17, 15) is 9.59 Å². The second kappa shape index (κ2) is 13.0. The van der Waals surface area contributed by atoms with Crippen LogP contribution < -0.4 is 29.1 Å². The number of benzene rings is 2. The zero-order chi connectivity index (χ0) is 28.8. The molecule has 0 spiro atoms. The summed E-state index contributed by atoms with van der Waals surface area (Å²) in [5, 5.41) is 0. The molecule has 0 saturated heterocycles. The number of fused-ring (bicyclic) bond motifs is 1. The normalized spacial score (nSPS) is 15.1. The highest BCUT2D eigenvalue weighted by Gasteiger charge is 2.35. The number of thiazole rings is 1. The molecular formula is C31H36N2O6S. The van der Waals surface area contributed by atoms with Crippen molar-refractivity contribution in [2.45, 2.75) is 60.1 Å². The Balaban J connectivity index is 1.90. The number of rotatable bonds is 11. The monoisotopic (exact) mass is 564 g/mol. The van der Waals surface area contributed by atoms with Crippen molar-refractivity contribution in [3.05, 3.63) is 84.5 Å². The standard InChI is InChI=1S/C31H36N2O6S/c1-7-16-38-24-15-14-21(17-25(24)36-8-2)18-26-29(34)33-28(22-12-10-11-13-23(22)39-19(4)5)27(30(35)37-9-3)20(6)32-31(33)40-26/h10-15,17-19,28H,7-9,16H2,1-6H3/b26-18+/t28-/m0/s1. The molecule has 2 heterocycles. The van der Waals surface area contributed by atoms with Crippen LogP contribution in [0.4, 0.5) is 0 Å². The molecule has 1 aliphatic heterocycles. The van der Waals surface area contributed by atoms with E-state index in [1.807, 2.05) is 76.2 Å². The van der Waals surface area contributed by atoms with Gasteiger partial charge in [-0.3, -0.25) is 9.36 Å². The highest BCUT2D eigenvalue weighted by atomic mass is 32.1. The minimum absolute atomic E-state index is 0.100. The van der Waals surface area contributed by atoms with Gasteiger partial charge in [0.2, 0.25) is 0 Å². The molecule has 8 nitrogen and oxygen atoms in total. The van der Waals surface area contributed by atoms with Gasteiger partial charge >= 0.3 is 5.97 Å². The van der Waals surface area contributed by atoms with E-state index in [-0.39, 0.29) is 18.3 Å². The summed E-state index contributed by atoms with van der Waals surface area (Å²) in [6.07, 6.45) is 2.60. The van der Waals surface area contributed by atoms with Crippen molar-refractivity contribution in [3.63, 3.8) is 0 Å². The predicted octanol–water partition coefficient (Wildman–Crippen LogP) is 4.77. The van der Waals surface area contributed by atoms with E-state index in [1.54, 1.807) is 18.4 Å². The first-order valence-electron chi connectivity index (χ1n) is 13.6. The van der Waals surface area contributed by atoms with Gasteiger partial charge in [0.1, 0.15) is 11.8 Å². The maximum atomic E-state index is 14.0. The average Bonchev–Trinajstić information content (AvgIpc) is 3.22. The average molecular weight is 565 g/mol. The van der Waals surface area contributed by atoms with E-state index in [0.717, 1.165) is 12.0 Å². The van der Waals surface area contributed by atoms with E-state index in [2.05, 4.69) is 4.99 Å². The van der Waals surface area contributed by atoms with Crippen LogP contribution in [-0.2, 0) is 9.53 Å². The molecule has 212 valence electrons. The molecule has 1 atom stereocenters. The van der Waals surface area contributed by atoms with Crippen LogP contribution in [0.5, 0.6) is 17.2 Å². The number of allylic oxidation sites excluding steroid dienone is 1. The molecule has 4 rings (SSSR count). The number of nitrogens with zero attached hydrogens (tertiary/aromatic N) is 2. The van der Waals surface area contributed by atoms with E-state index in [1.165, 1.54) is 11.3 Å². The number of hydrogen-bond donors (Lipinski definition) is 0. The fourth-order valence-electron chi connectivity index (χ4n) is 4.52. The first-order valence-corrected chi connectivity index (χ1v) is 14.4. The molecule has 0 bridgehead atoms. The number of carbonyl (C=O) groups excluding carboxylic acids is 1. The predicted molar refractivity (Wildman–Crippen MR) is 156 cm³/mol. The smallest absolute Gasteiger partial charge is 0.338 e. The number of ether oxygens (including phenoxy) is 4. The first kappa shape index (κ1) is 29.1. The summed E-state index contributed by atoms with van der Waals surface area (Å²) < 4.78 is 25.2. The summed E-state index contributed by atoms with van der Waals surface area (Å²) >= 11 is 1.27. The summed E-state index contributed by atoms with van der Waals surface area (Å²) in [6, 6.07) is 12.3. The van der Waals surface area contributed by atoms with Gasteiger partial charge in [-0.1, -0.05) is 42.5 Å². The lowest BCUT2D eigenvalue weighted by Crippen LogP contribution is -2.40. The lowest BCUT2D eigenvalue weighted by atomic mass is 9.95. The minimum atomic E-state index is -0.754. The first-order chi connectivity index (χ1) is 19.3. The Morgan fingerprint density at radius 1 is 1.05 bits per heavy atom. The Morgan fingerprint density at radius 3 is 2.52 bits per heavy atom. The Kier molecular flexibility index (Phi) is 9.47. The number of esters is 1.